The maximum Gasteiger partial charge on any atom is 0.162 e. The van der Waals surface area contributed by atoms with Crippen LogP contribution in [0, 0.1) is 0 Å². The van der Waals surface area contributed by atoms with Crippen molar-refractivity contribution in [2.24, 2.45) is 0 Å². The molecule has 0 spiro atoms. The highest BCUT2D eigenvalue weighted by atomic mass is 16.5. The summed E-state index contributed by atoms with van der Waals surface area (Å²) in [6.45, 7) is 2.11. The molecule has 1 fully saturated rings. The van der Waals surface area contributed by atoms with Gasteiger partial charge in [0.2, 0.25) is 0 Å². The van der Waals surface area contributed by atoms with E-state index < -0.39 is 0 Å². The molecule has 2 heterocycles. The van der Waals surface area contributed by atoms with Gasteiger partial charge in [0.05, 0.1) is 12.6 Å². The summed E-state index contributed by atoms with van der Waals surface area (Å²) >= 11 is 0. The zero-order valence-electron chi connectivity index (χ0n) is 13.9. The molecule has 0 aliphatic carbocycles. The van der Waals surface area contributed by atoms with E-state index in [4.69, 9.17) is 14.7 Å². The molecule has 0 atom stereocenters. The second-order valence-electron chi connectivity index (χ2n) is 6.17. The van der Waals surface area contributed by atoms with Crippen LogP contribution in [0.3, 0.4) is 0 Å². The number of aromatic nitrogens is 2. The second kappa shape index (κ2) is 6.48. The fourth-order valence-electron chi connectivity index (χ4n) is 3.28. The number of anilines is 1. The van der Waals surface area contributed by atoms with Gasteiger partial charge in [-0.25, -0.2) is 9.97 Å². The van der Waals surface area contributed by atoms with Crippen LogP contribution in [0.15, 0.2) is 48.5 Å². The number of rotatable bonds is 3. The summed E-state index contributed by atoms with van der Waals surface area (Å²) in [4.78, 5) is 12.1. The first-order chi connectivity index (χ1) is 11.8. The van der Waals surface area contributed by atoms with Crippen molar-refractivity contribution in [2.75, 3.05) is 25.1 Å². The van der Waals surface area contributed by atoms with E-state index in [0.717, 1.165) is 46.9 Å². The van der Waals surface area contributed by atoms with Crippen molar-refractivity contribution in [3.8, 4) is 17.1 Å². The Bertz CT molecular complexity index is 842. The van der Waals surface area contributed by atoms with Crippen LogP contribution in [-0.2, 0) is 0 Å². The Labute approximate surface area is 142 Å². The quantitative estimate of drug-likeness (QED) is 0.721. The maximum absolute atomic E-state index is 5.41. The topological polar surface area (TPSA) is 38.3 Å². The monoisotopic (exact) mass is 319 g/mol. The molecule has 1 aromatic heterocycles. The number of nitrogens with zero attached hydrogens (tertiary/aromatic N) is 3. The smallest absolute Gasteiger partial charge is 0.162 e. The van der Waals surface area contributed by atoms with Crippen LogP contribution >= 0.6 is 0 Å². The SMILES string of the molecule is COc1ccc2nc(-c3ccccc3)nc(N3CCCCC3)c2c1. The summed E-state index contributed by atoms with van der Waals surface area (Å²) in [5.41, 5.74) is 2.01. The van der Waals surface area contributed by atoms with Crippen LogP contribution < -0.4 is 9.64 Å². The van der Waals surface area contributed by atoms with Gasteiger partial charge in [-0.15, -0.1) is 0 Å². The van der Waals surface area contributed by atoms with E-state index in [1.54, 1.807) is 7.11 Å². The highest BCUT2D eigenvalue weighted by molar-refractivity contribution is 5.92. The maximum atomic E-state index is 5.41. The number of hydrogen-bond acceptors (Lipinski definition) is 4. The van der Waals surface area contributed by atoms with Gasteiger partial charge in [0, 0.05) is 24.0 Å². The van der Waals surface area contributed by atoms with Gasteiger partial charge in [-0.3, -0.25) is 0 Å². The first-order valence-corrected chi connectivity index (χ1v) is 8.51. The van der Waals surface area contributed by atoms with E-state index in [2.05, 4.69) is 17.0 Å². The van der Waals surface area contributed by atoms with Crippen LogP contribution in [0.25, 0.3) is 22.3 Å². The molecule has 0 bridgehead atoms. The Morgan fingerprint density at radius 2 is 1.71 bits per heavy atom. The van der Waals surface area contributed by atoms with E-state index >= 15 is 0 Å². The largest absolute Gasteiger partial charge is 0.497 e. The summed E-state index contributed by atoms with van der Waals surface area (Å²) in [7, 11) is 1.70. The van der Waals surface area contributed by atoms with Gasteiger partial charge < -0.3 is 9.64 Å². The number of methoxy groups -OCH3 is 1. The molecule has 2 aromatic carbocycles. The van der Waals surface area contributed by atoms with Gasteiger partial charge in [-0.05, 0) is 37.5 Å². The first-order valence-electron chi connectivity index (χ1n) is 8.51. The average Bonchev–Trinajstić information content (AvgIpc) is 2.68. The minimum absolute atomic E-state index is 0.786. The normalized spacial score (nSPS) is 14.8. The number of hydrogen-bond donors (Lipinski definition) is 0. The number of ether oxygens (including phenoxy) is 1. The van der Waals surface area contributed by atoms with Crippen LogP contribution in [0.5, 0.6) is 5.75 Å². The lowest BCUT2D eigenvalue weighted by Crippen LogP contribution is -2.30. The minimum Gasteiger partial charge on any atom is -0.497 e. The Hall–Kier alpha value is -2.62. The lowest BCUT2D eigenvalue weighted by Gasteiger charge is -2.29. The summed E-state index contributed by atoms with van der Waals surface area (Å²) in [6, 6.07) is 16.2. The summed E-state index contributed by atoms with van der Waals surface area (Å²) in [6.07, 6.45) is 3.74. The molecule has 1 aliphatic rings. The Morgan fingerprint density at radius 3 is 2.46 bits per heavy atom. The van der Waals surface area contributed by atoms with Crippen molar-refractivity contribution in [1.29, 1.82) is 0 Å². The summed E-state index contributed by atoms with van der Waals surface area (Å²) in [5, 5.41) is 1.07. The van der Waals surface area contributed by atoms with Gasteiger partial charge in [0.15, 0.2) is 5.82 Å². The van der Waals surface area contributed by atoms with Crippen molar-refractivity contribution < 1.29 is 4.74 Å². The van der Waals surface area contributed by atoms with Crippen LogP contribution in [0.4, 0.5) is 5.82 Å². The summed E-state index contributed by atoms with van der Waals surface area (Å²) < 4.78 is 5.41. The zero-order valence-corrected chi connectivity index (χ0v) is 13.9. The molecule has 0 radical (unpaired) electrons. The molecule has 1 saturated heterocycles. The standard InChI is InChI=1S/C20H21N3O/c1-24-16-10-11-18-17(14-16)20(23-12-6-3-7-13-23)22-19(21-18)15-8-4-2-5-9-15/h2,4-5,8-11,14H,3,6-7,12-13H2,1H3. The molecule has 0 N–H and O–H groups in total. The number of benzene rings is 2. The molecule has 3 aromatic rings. The lowest BCUT2D eigenvalue weighted by molar-refractivity contribution is 0.415. The number of piperidine rings is 1. The van der Waals surface area contributed by atoms with E-state index in [9.17, 15) is 0 Å². The van der Waals surface area contributed by atoms with E-state index in [-0.39, 0.29) is 0 Å². The molecule has 4 heteroatoms. The van der Waals surface area contributed by atoms with E-state index in [1.165, 1.54) is 19.3 Å². The highest BCUT2D eigenvalue weighted by Gasteiger charge is 2.18. The fraction of sp³-hybridized carbons (Fsp3) is 0.300. The van der Waals surface area contributed by atoms with Gasteiger partial charge in [-0.1, -0.05) is 30.3 Å². The van der Waals surface area contributed by atoms with E-state index in [1.807, 2.05) is 36.4 Å². The summed E-state index contributed by atoms with van der Waals surface area (Å²) in [5.74, 6) is 2.66. The third-order valence-electron chi connectivity index (χ3n) is 4.57. The molecule has 24 heavy (non-hydrogen) atoms. The molecule has 4 nitrogen and oxygen atoms in total. The highest BCUT2D eigenvalue weighted by Crippen LogP contribution is 2.31. The predicted octanol–water partition coefficient (Wildman–Crippen LogP) is 4.30. The molecule has 122 valence electrons. The predicted molar refractivity (Wildman–Crippen MR) is 97.6 cm³/mol. The molecule has 0 saturated carbocycles. The molecular formula is C20H21N3O. The Balaban J connectivity index is 1.90. The molecular weight excluding hydrogens is 298 g/mol. The van der Waals surface area contributed by atoms with Gasteiger partial charge in [0.25, 0.3) is 0 Å². The number of fused-ring (bicyclic) bond motifs is 1. The first kappa shape index (κ1) is 14.9. The Kier molecular flexibility index (Phi) is 4.03. The van der Waals surface area contributed by atoms with Crippen LogP contribution in [-0.4, -0.2) is 30.2 Å². The second-order valence-corrected chi connectivity index (χ2v) is 6.17. The van der Waals surface area contributed by atoms with Crippen molar-refractivity contribution in [2.45, 2.75) is 19.3 Å². The van der Waals surface area contributed by atoms with E-state index in [0.29, 0.717) is 0 Å². The van der Waals surface area contributed by atoms with Crippen LogP contribution in [0.2, 0.25) is 0 Å². The van der Waals surface area contributed by atoms with Crippen molar-refractivity contribution in [3.05, 3.63) is 48.5 Å². The zero-order chi connectivity index (χ0) is 16.4. The van der Waals surface area contributed by atoms with Crippen LogP contribution in [0.1, 0.15) is 19.3 Å². The molecule has 4 rings (SSSR count). The molecule has 1 aliphatic heterocycles. The minimum atomic E-state index is 0.786. The third kappa shape index (κ3) is 2.80. The van der Waals surface area contributed by atoms with Crippen molar-refractivity contribution in [3.63, 3.8) is 0 Å². The third-order valence-corrected chi connectivity index (χ3v) is 4.57. The van der Waals surface area contributed by atoms with Gasteiger partial charge in [0.1, 0.15) is 11.6 Å². The molecule has 0 amide bonds. The van der Waals surface area contributed by atoms with Crippen molar-refractivity contribution in [1.82, 2.24) is 9.97 Å². The lowest BCUT2D eigenvalue weighted by atomic mass is 10.1. The van der Waals surface area contributed by atoms with Gasteiger partial charge in [-0.2, -0.15) is 0 Å². The Morgan fingerprint density at radius 1 is 0.917 bits per heavy atom. The fourth-order valence-corrected chi connectivity index (χ4v) is 3.28. The van der Waals surface area contributed by atoms with Gasteiger partial charge >= 0.3 is 0 Å². The van der Waals surface area contributed by atoms with Crippen molar-refractivity contribution >= 4 is 16.7 Å². The average molecular weight is 319 g/mol. The molecule has 0 unspecified atom stereocenters.